The molecule has 4 rings (SSSR count). The Bertz CT molecular complexity index is 841. The lowest BCUT2D eigenvalue weighted by molar-refractivity contribution is -0.0341. The van der Waals surface area contributed by atoms with Crippen molar-refractivity contribution in [2.75, 3.05) is 26.3 Å². The zero-order valence-corrected chi connectivity index (χ0v) is 13.2. The molecule has 2 aromatic rings. The van der Waals surface area contributed by atoms with Crippen molar-refractivity contribution in [3.05, 3.63) is 40.6 Å². The van der Waals surface area contributed by atoms with Crippen LogP contribution in [0.1, 0.15) is 23.2 Å². The van der Waals surface area contributed by atoms with Gasteiger partial charge in [0.2, 0.25) is 0 Å². The summed E-state index contributed by atoms with van der Waals surface area (Å²) in [6, 6.07) is 1.71. The maximum absolute atomic E-state index is 13.0. The van der Waals surface area contributed by atoms with E-state index in [9.17, 15) is 14.7 Å². The molecule has 24 heavy (non-hydrogen) atoms. The largest absolute Gasteiger partial charge is 0.391 e. The van der Waals surface area contributed by atoms with E-state index in [1.165, 1.54) is 18.6 Å². The molecule has 7 nitrogen and oxygen atoms in total. The van der Waals surface area contributed by atoms with Crippen molar-refractivity contribution >= 4 is 16.7 Å². The number of amides is 1. The molecule has 0 aromatic carbocycles. The van der Waals surface area contributed by atoms with E-state index in [0.29, 0.717) is 42.6 Å². The molecule has 2 N–H and O–H groups in total. The topological polar surface area (TPSA) is 95.5 Å². The number of pyridine rings is 2. The number of rotatable bonds is 1. The number of ether oxygens (including phenoxy) is 1. The number of aliphatic hydroxyl groups is 1. The quantitative estimate of drug-likeness (QED) is 0.796. The fourth-order valence-corrected chi connectivity index (χ4v) is 3.83. The summed E-state index contributed by atoms with van der Waals surface area (Å²) in [5.74, 6) is -0.193. The van der Waals surface area contributed by atoms with Gasteiger partial charge in [-0.15, -0.1) is 0 Å². The Kier molecular flexibility index (Phi) is 3.62. The highest BCUT2D eigenvalue weighted by molar-refractivity contribution is 6.06. The lowest BCUT2D eigenvalue weighted by Gasteiger charge is -2.35. The fraction of sp³-hybridized carbons (Fsp3) is 0.471. The van der Waals surface area contributed by atoms with E-state index in [4.69, 9.17) is 4.74 Å². The fourth-order valence-electron chi connectivity index (χ4n) is 3.83. The number of aliphatic hydroxyl groups excluding tert-OH is 1. The van der Waals surface area contributed by atoms with Gasteiger partial charge in [-0.2, -0.15) is 0 Å². The minimum Gasteiger partial charge on any atom is -0.391 e. The number of hydrogen-bond acceptors (Lipinski definition) is 5. The summed E-state index contributed by atoms with van der Waals surface area (Å²) in [6.07, 6.45) is 5.45. The van der Waals surface area contributed by atoms with Gasteiger partial charge in [-0.25, -0.2) is 0 Å². The number of hydrogen-bond donors (Lipinski definition) is 2. The Morgan fingerprint density at radius 1 is 1.33 bits per heavy atom. The van der Waals surface area contributed by atoms with Crippen molar-refractivity contribution in [3.63, 3.8) is 0 Å². The van der Waals surface area contributed by atoms with Gasteiger partial charge in [0.15, 0.2) is 0 Å². The van der Waals surface area contributed by atoms with Crippen LogP contribution in [0.15, 0.2) is 29.5 Å². The molecule has 4 heterocycles. The van der Waals surface area contributed by atoms with Crippen LogP contribution in [0.3, 0.4) is 0 Å². The predicted octanol–water partition coefficient (Wildman–Crippen LogP) is 0.537. The standard InChI is InChI=1S/C17H19N3O4/c21-14-9-20(10-17(14)2-5-24-6-3-17)16(23)13-8-18-7-12-11(13)1-4-19-15(12)22/h1,4,7-8,14,21H,2-3,5-6,9-10H2,(H,19,22). The third kappa shape index (κ3) is 2.32. The number of nitrogens with one attached hydrogen (secondary N) is 1. The van der Waals surface area contributed by atoms with Crippen LogP contribution in [0.2, 0.25) is 0 Å². The number of carbonyl (C=O) groups is 1. The summed E-state index contributed by atoms with van der Waals surface area (Å²) < 4.78 is 5.39. The third-order valence-corrected chi connectivity index (χ3v) is 5.31. The van der Waals surface area contributed by atoms with E-state index in [2.05, 4.69) is 9.97 Å². The van der Waals surface area contributed by atoms with E-state index in [1.807, 2.05) is 0 Å². The van der Waals surface area contributed by atoms with Crippen LogP contribution < -0.4 is 5.56 Å². The molecule has 0 radical (unpaired) electrons. The molecule has 1 atom stereocenters. The van der Waals surface area contributed by atoms with Gasteiger partial charge in [-0.1, -0.05) is 0 Å². The molecule has 2 saturated heterocycles. The first-order valence-electron chi connectivity index (χ1n) is 8.11. The van der Waals surface area contributed by atoms with Gasteiger partial charge in [0.1, 0.15) is 0 Å². The molecule has 1 spiro atoms. The molecule has 0 saturated carbocycles. The molecular formula is C17H19N3O4. The molecule has 2 aliphatic heterocycles. The Labute approximate surface area is 138 Å². The van der Waals surface area contributed by atoms with Gasteiger partial charge in [0.25, 0.3) is 11.5 Å². The average Bonchev–Trinajstić information content (AvgIpc) is 2.91. The smallest absolute Gasteiger partial charge is 0.257 e. The summed E-state index contributed by atoms with van der Waals surface area (Å²) >= 11 is 0. The molecule has 0 bridgehead atoms. The van der Waals surface area contributed by atoms with Gasteiger partial charge in [0, 0.05) is 55.7 Å². The van der Waals surface area contributed by atoms with Crippen molar-refractivity contribution in [1.29, 1.82) is 0 Å². The van der Waals surface area contributed by atoms with E-state index < -0.39 is 6.10 Å². The summed E-state index contributed by atoms with van der Waals surface area (Å²) in [7, 11) is 0. The Morgan fingerprint density at radius 2 is 2.12 bits per heavy atom. The number of likely N-dealkylation sites (tertiary alicyclic amines) is 1. The van der Waals surface area contributed by atoms with E-state index in [-0.39, 0.29) is 16.9 Å². The van der Waals surface area contributed by atoms with Crippen LogP contribution in [0.25, 0.3) is 10.8 Å². The van der Waals surface area contributed by atoms with Crippen molar-refractivity contribution in [2.45, 2.75) is 18.9 Å². The summed E-state index contributed by atoms with van der Waals surface area (Å²) in [6.45, 7) is 2.04. The Morgan fingerprint density at radius 3 is 2.92 bits per heavy atom. The number of aromatic nitrogens is 2. The van der Waals surface area contributed by atoms with Gasteiger partial charge < -0.3 is 19.7 Å². The van der Waals surface area contributed by atoms with E-state index >= 15 is 0 Å². The van der Waals surface area contributed by atoms with Crippen molar-refractivity contribution in [3.8, 4) is 0 Å². The van der Waals surface area contributed by atoms with Crippen LogP contribution in [-0.2, 0) is 4.74 Å². The van der Waals surface area contributed by atoms with Crippen LogP contribution in [0.5, 0.6) is 0 Å². The predicted molar refractivity (Wildman–Crippen MR) is 86.8 cm³/mol. The first-order valence-corrected chi connectivity index (χ1v) is 8.11. The second-order valence-corrected chi connectivity index (χ2v) is 6.63. The van der Waals surface area contributed by atoms with Crippen molar-refractivity contribution in [2.24, 2.45) is 5.41 Å². The number of nitrogens with zero attached hydrogens (tertiary/aromatic N) is 2. The van der Waals surface area contributed by atoms with Gasteiger partial charge in [-0.05, 0) is 18.9 Å². The molecule has 2 aliphatic rings. The first-order chi connectivity index (χ1) is 11.6. The normalized spacial score (nSPS) is 23.0. The first kappa shape index (κ1) is 15.3. The molecule has 126 valence electrons. The molecule has 2 fully saturated rings. The highest BCUT2D eigenvalue weighted by Crippen LogP contribution is 2.40. The zero-order valence-electron chi connectivity index (χ0n) is 13.2. The molecule has 1 amide bonds. The molecule has 7 heteroatoms. The number of β-amino-alcohol motifs (C(OH)–C–C–N with tert-alkyl or cyclic N) is 1. The molecule has 0 aliphatic carbocycles. The van der Waals surface area contributed by atoms with Crippen LogP contribution in [0, 0.1) is 5.41 Å². The summed E-state index contributed by atoms with van der Waals surface area (Å²) in [4.78, 5) is 33.2. The monoisotopic (exact) mass is 329 g/mol. The van der Waals surface area contributed by atoms with E-state index in [0.717, 1.165) is 12.8 Å². The number of aromatic amines is 1. The van der Waals surface area contributed by atoms with Gasteiger partial charge >= 0.3 is 0 Å². The maximum atomic E-state index is 13.0. The van der Waals surface area contributed by atoms with E-state index in [1.54, 1.807) is 11.0 Å². The second kappa shape index (κ2) is 5.68. The molecular weight excluding hydrogens is 310 g/mol. The minimum atomic E-state index is -0.545. The maximum Gasteiger partial charge on any atom is 0.257 e. The summed E-state index contributed by atoms with van der Waals surface area (Å²) in [5, 5.41) is 11.5. The lowest BCUT2D eigenvalue weighted by Crippen LogP contribution is -2.40. The van der Waals surface area contributed by atoms with Gasteiger partial charge in [0.05, 0.1) is 17.1 Å². The highest BCUT2D eigenvalue weighted by Gasteiger charge is 2.48. The zero-order chi connectivity index (χ0) is 16.7. The van der Waals surface area contributed by atoms with Crippen LogP contribution in [0.4, 0.5) is 0 Å². The van der Waals surface area contributed by atoms with Crippen LogP contribution >= 0.6 is 0 Å². The van der Waals surface area contributed by atoms with Crippen molar-refractivity contribution in [1.82, 2.24) is 14.9 Å². The van der Waals surface area contributed by atoms with Crippen LogP contribution in [-0.4, -0.2) is 58.3 Å². The Balaban J connectivity index is 1.68. The minimum absolute atomic E-state index is 0.193. The molecule has 2 aromatic heterocycles. The number of H-pyrrole nitrogens is 1. The second-order valence-electron chi connectivity index (χ2n) is 6.63. The Hall–Kier alpha value is -2.25. The van der Waals surface area contributed by atoms with Gasteiger partial charge in [-0.3, -0.25) is 14.6 Å². The lowest BCUT2D eigenvalue weighted by atomic mass is 9.77. The van der Waals surface area contributed by atoms with Crippen molar-refractivity contribution < 1.29 is 14.6 Å². The molecule has 1 unspecified atom stereocenters. The highest BCUT2D eigenvalue weighted by atomic mass is 16.5. The summed E-state index contributed by atoms with van der Waals surface area (Å²) in [5.41, 5.74) is -0.143. The third-order valence-electron chi connectivity index (χ3n) is 5.31. The average molecular weight is 329 g/mol. The SMILES string of the molecule is O=C(c1cncc2c(=O)[nH]ccc12)N1CC(O)C2(CCOCC2)C1. The number of fused-ring (bicyclic) bond motifs is 1. The number of carbonyl (C=O) groups excluding carboxylic acids is 1.